The van der Waals surface area contributed by atoms with Crippen LogP contribution in [0.3, 0.4) is 0 Å². The van der Waals surface area contributed by atoms with Gasteiger partial charge in [-0.2, -0.15) is 4.98 Å². The van der Waals surface area contributed by atoms with Crippen molar-refractivity contribution in [1.29, 1.82) is 0 Å². The van der Waals surface area contributed by atoms with Crippen LogP contribution < -0.4 is 0 Å². The van der Waals surface area contributed by atoms with E-state index in [1.807, 2.05) is 0 Å². The van der Waals surface area contributed by atoms with Gasteiger partial charge in [0.05, 0.1) is 7.11 Å². The zero-order valence-corrected chi connectivity index (χ0v) is 5.62. The SMILES string of the molecule is [CH2]OCCCc1ncon1. The summed E-state index contributed by atoms with van der Waals surface area (Å²) >= 11 is 0. The van der Waals surface area contributed by atoms with E-state index in [1.165, 1.54) is 6.39 Å². The Kier molecular flexibility index (Phi) is 2.89. The first-order valence-corrected chi connectivity index (χ1v) is 3.05. The Labute approximate surface area is 59.2 Å². The molecule has 0 atom stereocenters. The summed E-state index contributed by atoms with van der Waals surface area (Å²) in [5, 5.41) is 3.63. The summed E-state index contributed by atoms with van der Waals surface area (Å²) in [6.45, 7) is 0.633. The highest BCUT2D eigenvalue weighted by molar-refractivity contribution is 4.76. The number of nitrogens with zero attached hydrogens (tertiary/aromatic N) is 2. The maximum absolute atomic E-state index is 4.60. The van der Waals surface area contributed by atoms with Crippen LogP contribution in [0.25, 0.3) is 0 Å². The van der Waals surface area contributed by atoms with E-state index in [0.29, 0.717) is 6.61 Å². The third-order valence-corrected chi connectivity index (χ3v) is 1.10. The molecule has 0 bridgehead atoms. The molecule has 0 saturated carbocycles. The Balaban J connectivity index is 2.15. The lowest BCUT2D eigenvalue weighted by atomic mass is 10.3. The number of hydrogen-bond acceptors (Lipinski definition) is 4. The summed E-state index contributed by atoms with van der Waals surface area (Å²) in [7, 11) is 3.24. The standard InChI is InChI=1S/C6H9N2O2/c1-9-4-2-3-6-7-5-10-8-6/h5H,1-4H2. The molecule has 1 heterocycles. The molecule has 4 heteroatoms. The van der Waals surface area contributed by atoms with E-state index >= 15 is 0 Å². The highest BCUT2D eigenvalue weighted by Gasteiger charge is 1.95. The third kappa shape index (κ3) is 2.14. The fourth-order valence-corrected chi connectivity index (χ4v) is 0.635. The van der Waals surface area contributed by atoms with Crippen molar-refractivity contribution in [2.75, 3.05) is 6.61 Å². The van der Waals surface area contributed by atoms with Crippen molar-refractivity contribution in [1.82, 2.24) is 10.1 Å². The summed E-state index contributed by atoms with van der Waals surface area (Å²) < 4.78 is 9.13. The van der Waals surface area contributed by atoms with Crippen LogP contribution in [0.4, 0.5) is 0 Å². The minimum atomic E-state index is 0.633. The molecule has 1 aromatic rings. The van der Waals surface area contributed by atoms with Gasteiger partial charge in [-0.05, 0) is 6.42 Å². The summed E-state index contributed by atoms with van der Waals surface area (Å²) in [6, 6.07) is 0. The highest BCUT2D eigenvalue weighted by Crippen LogP contribution is 1.94. The Morgan fingerprint density at radius 2 is 2.60 bits per heavy atom. The molecule has 0 aliphatic rings. The maximum Gasteiger partial charge on any atom is 0.213 e. The van der Waals surface area contributed by atoms with Crippen molar-refractivity contribution in [3.8, 4) is 0 Å². The lowest BCUT2D eigenvalue weighted by Gasteiger charge is -1.92. The average Bonchev–Trinajstić information content (AvgIpc) is 2.41. The fourth-order valence-electron chi connectivity index (χ4n) is 0.635. The highest BCUT2D eigenvalue weighted by atomic mass is 16.5. The first-order chi connectivity index (χ1) is 4.93. The zero-order chi connectivity index (χ0) is 7.23. The number of hydrogen-bond donors (Lipinski definition) is 0. The van der Waals surface area contributed by atoms with E-state index in [-0.39, 0.29) is 0 Å². The van der Waals surface area contributed by atoms with Gasteiger partial charge in [0.25, 0.3) is 0 Å². The molecule has 0 saturated heterocycles. The maximum atomic E-state index is 4.60. The topological polar surface area (TPSA) is 48.2 Å². The normalized spacial score (nSPS) is 10.1. The summed E-state index contributed by atoms with van der Waals surface area (Å²) in [5.41, 5.74) is 0. The first-order valence-electron chi connectivity index (χ1n) is 3.05. The molecule has 0 N–H and O–H groups in total. The monoisotopic (exact) mass is 141 g/mol. The molecule has 10 heavy (non-hydrogen) atoms. The Bertz CT molecular complexity index is 162. The van der Waals surface area contributed by atoms with Crippen LogP contribution in [-0.2, 0) is 11.2 Å². The minimum absolute atomic E-state index is 0.633. The molecule has 55 valence electrons. The molecule has 0 spiro atoms. The van der Waals surface area contributed by atoms with Crippen molar-refractivity contribution in [3.05, 3.63) is 19.3 Å². The fraction of sp³-hybridized carbons (Fsp3) is 0.500. The number of aromatic nitrogens is 2. The molecule has 0 fully saturated rings. The molecule has 0 amide bonds. The predicted molar refractivity (Wildman–Crippen MR) is 33.9 cm³/mol. The van der Waals surface area contributed by atoms with Crippen LogP contribution >= 0.6 is 0 Å². The van der Waals surface area contributed by atoms with Crippen molar-refractivity contribution < 1.29 is 9.26 Å². The molecule has 1 radical (unpaired) electrons. The Morgan fingerprint density at radius 3 is 3.20 bits per heavy atom. The van der Waals surface area contributed by atoms with Gasteiger partial charge in [0.2, 0.25) is 6.39 Å². The minimum Gasteiger partial charge on any atom is -0.379 e. The molecular weight excluding hydrogens is 132 g/mol. The van der Waals surface area contributed by atoms with Gasteiger partial charge < -0.3 is 9.26 Å². The van der Waals surface area contributed by atoms with Gasteiger partial charge in [0.15, 0.2) is 5.82 Å². The van der Waals surface area contributed by atoms with Crippen LogP contribution in [-0.4, -0.2) is 16.7 Å². The average molecular weight is 141 g/mol. The number of aryl methyl sites for hydroxylation is 1. The Morgan fingerprint density at radius 1 is 1.70 bits per heavy atom. The van der Waals surface area contributed by atoms with Gasteiger partial charge in [0, 0.05) is 13.0 Å². The molecule has 1 rings (SSSR count). The Hall–Kier alpha value is -0.900. The van der Waals surface area contributed by atoms with Gasteiger partial charge in [-0.15, -0.1) is 0 Å². The molecule has 0 unspecified atom stereocenters. The van der Waals surface area contributed by atoms with Gasteiger partial charge in [-0.1, -0.05) is 5.16 Å². The van der Waals surface area contributed by atoms with E-state index < -0.39 is 0 Å². The van der Waals surface area contributed by atoms with E-state index in [1.54, 1.807) is 0 Å². The van der Waals surface area contributed by atoms with E-state index in [4.69, 9.17) is 0 Å². The van der Waals surface area contributed by atoms with Crippen LogP contribution in [0.2, 0.25) is 0 Å². The quantitative estimate of drug-likeness (QED) is 0.582. The van der Waals surface area contributed by atoms with E-state index in [2.05, 4.69) is 26.5 Å². The van der Waals surface area contributed by atoms with Gasteiger partial charge >= 0.3 is 0 Å². The second-order valence-corrected chi connectivity index (χ2v) is 1.86. The van der Waals surface area contributed by atoms with Crippen LogP contribution in [0.1, 0.15) is 12.2 Å². The van der Waals surface area contributed by atoms with E-state index in [9.17, 15) is 0 Å². The second kappa shape index (κ2) is 4.00. The zero-order valence-electron chi connectivity index (χ0n) is 5.62. The van der Waals surface area contributed by atoms with Gasteiger partial charge in [-0.3, -0.25) is 0 Å². The smallest absolute Gasteiger partial charge is 0.213 e. The molecule has 0 aliphatic carbocycles. The van der Waals surface area contributed by atoms with Crippen LogP contribution in [0.15, 0.2) is 10.9 Å². The lowest BCUT2D eigenvalue weighted by Crippen LogP contribution is -1.92. The number of ether oxygens (including phenoxy) is 1. The van der Waals surface area contributed by atoms with Crippen molar-refractivity contribution >= 4 is 0 Å². The summed E-state index contributed by atoms with van der Waals surface area (Å²) in [4.78, 5) is 3.83. The largest absolute Gasteiger partial charge is 0.379 e. The predicted octanol–water partition coefficient (Wildman–Crippen LogP) is 0.810. The molecule has 4 nitrogen and oxygen atoms in total. The van der Waals surface area contributed by atoms with Crippen molar-refractivity contribution in [3.63, 3.8) is 0 Å². The summed E-state index contributed by atoms with van der Waals surface area (Å²) in [5.74, 6) is 0.719. The van der Waals surface area contributed by atoms with Crippen LogP contribution in [0.5, 0.6) is 0 Å². The molecule has 1 aromatic heterocycles. The van der Waals surface area contributed by atoms with Gasteiger partial charge in [0.1, 0.15) is 0 Å². The van der Waals surface area contributed by atoms with E-state index in [0.717, 1.165) is 18.7 Å². The van der Waals surface area contributed by atoms with Crippen LogP contribution in [0, 0.1) is 7.11 Å². The first kappa shape index (κ1) is 7.21. The molecular formula is C6H9N2O2. The van der Waals surface area contributed by atoms with Crippen molar-refractivity contribution in [2.24, 2.45) is 0 Å². The second-order valence-electron chi connectivity index (χ2n) is 1.86. The summed E-state index contributed by atoms with van der Waals surface area (Å²) in [6.07, 6.45) is 2.98. The molecule has 0 aromatic carbocycles. The lowest BCUT2D eigenvalue weighted by molar-refractivity contribution is 0.236. The van der Waals surface area contributed by atoms with Crippen molar-refractivity contribution in [2.45, 2.75) is 12.8 Å². The third-order valence-electron chi connectivity index (χ3n) is 1.10. The molecule has 0 aliphatic heterocycles. The number of rotatable bonds is 4. The van der Waals surface area contributed by atoms with Gasteiger partial charge in [-0.25, -0.2) is 0 Å².